The molecule has 1 N–H and O–H groups in total. The van der Waals surface area contributed by atoms with Crippen LogP contribution < -0.4 is 5.32 Å². The Morgan fingerprint density at radius 2 is 1.67 bits per heavy atom. The van der Waals surface area contributed by atoms with Crippen LogP contribution in [0.3, 0.4) is 0 Å². The number of nitrogens with one attached hydrogen (secondary N) is 1. The third-order valence-electron chi connectivity index (χ3n) is 5.96. The van der Waals surface area contributed by atoms with Crippen molar-refractivity contribution in [3.63, 3.8) is 0 Å². The lowest BCUT2D eigenvalue weighted by atomic mass is 9.89. The van der Waals surface area contributed by atoms with E-state index < -0.39 is 9.84 Å². The zero-order valence-electron chi connectivity index (χ0n) is 13.4. The lowest BCUT2D eigenvalue weighted by molar-refractivity contribution is 0.0793. The van der Waals surface area contributed by atoms with Crippen LogP contribution in [0.1, 0.15) is 58.3 Å². The SMILES string of the molecule is CCN(C1CC2CCC(C1)N2)C1CCCC(S(C)(=O)=O)C1. The predicted molar refractivity (Wildman–Crippen MR) is 86.2 cm³/mol. The van der Waals surface area contributed by atoms with Crippen molar-refractivity contribution in [2.24, 2.45) is 0 Å². The molecule has 0 radical (unpaired) electrons. The topological polar surface area (TPSA) is 49.4 Å². The summed E-state index contributed by atoms with van der Waals surface area (Å²) >= 11 is 0. The van der Waals surface area contributed by atoms with Crippen LogP contribution in [-0.2, 0) is 9.84 Å². The van der Waals surface area contributed by atoms with Gasteiger partial charge in [-0.05, 0) is 51.5 Å². The molecule has 4 unspecified atom stereocenters. The average Bonchev–Trinajstić information content (AvgIpc) is 2.78. The molecule has 4 atom stereocenters. The first-order valence-electron chi connectivity index (χ1n) is 8.68. The molecule has 4 nitrogen and oxygen atoms in total. The molecule has 2 aliphatic heterocycles. The summed E-state index contributed by atoms with van der Waals surface area (Å²) in [5.41, 5.74) is 0. The molecule has 2 bridgehead atoms. The van der Waals surface area contributed by atoms with Crippen molar-refractivity contribution in [1.29, 1.82) is 0 Å². The molecule has 0 aromatic carbocycles. The van der Waals surface area contributed by atoms with Crippen LogP contribution >= 0.6 is 0 Å². The van der Waals surface area contributed by atoms with Crippen LogP contribution in [-0.4, -0.2) is 55.5 Å². The average molecular weight is 314 g/mol. The van der Waals surface area contributed by atoms with Crippen molar-refractivity contribution in [2.45, 2.75) is 87.7 Å². The number of hydrogen-bond donors (Lipinski definition) is 1. The largest absolute Gasteiger partial charge is 0.311 e. The highest BCUT2D eigenvalue weighted by atomic mass is 32.2. The van der Waals surface area contributed by atoms with Gasteiger partial charge in [-0.2, -0.15) is 0 Å². The Bertz CT molecular complexity index is 453. The molecule has 0 aromatic rings. The highest BCUT2D eigenvalue weighted by Crippen LogP contribution is 2.34. The van der Waals surface area contributed by atoms with Crippen molar-refractivity contribution in [2.75, 3.05) is 12.8 Å². The fourth-order valence-electron chi connectivity index (χ4n) is 4.92. The molecule has 5 heteroatoms. The highest BCUT2D eigenvalue weighted by Gasteiger charge is 2.39. The molecule has 0 aromatic heterocycles. The van der Waals surface area contributed by atoms with E-state index in [-0.39, 0.29) is 5.25 Å². The summed E-state index contributed by atoms with van der Waals surface area (Å²) in [5, 5.41) is 3.60. The minimum absolute atomic E-state index is 0.108. The van der Waals surface area contributed by atoms with Crippen molar-refractivity contribution in [1.82, 2.24) is 10.2 Å². The standard InChI is InChI=1S/C16H30N2O2S/c1-3-18(15-9-12-7-8-13(10-15)17-12)14-5-4-6-16(11-14)21(2,19)20/h12-17H,3-11H2,1-2H3. The number of nitrogens with zero attached hydrogens (tertiary/aromatic N) is 1. The predicted octanol–water partition coefficient (Wildman–Crippen LogP) is 1.95. The number of fused-ring (bicyclic) bond motifs is 2. The third-order valence-corrected chi connectivity index (χ3v) is 7.59. The summed E-state index contributed by atoms with van der Waals surface area (Å²) < 4.78 is 23.8. The molecule has 1 saturated carbocycles. The fourth-order valence-corrected chi connectivity index (χ4v) is 6.09. The van der Waals surface area contributed by atoms with Crippen LogP contribution in [0.5, 0.6) is 0 Å². The van der Waals surface area contributed by atoms with Gasteiger partial charge in [0.25, 0.3) is 0 Å². The first-order chi connectivity index (χ1) is 9.97. The van der Waals surface area contributed by atoms with Crippen LogP contribution in [0.4, 0.5) is 0 Å². The van der Waals surface area contributed by atoms with Gasteiger partial charge in [-0.15, -0.1) is 0 Å². The zero-order valence-corrected chi connectivity index (χ0v) is 14.2. The molecule has 3 fully saturated rings. The van der Waals surface area contributed by atoms with Gasteiger partial charge in [-0.3, -0.25) is 4.90 Å². The second-order valence-electron chi connectivity index (χ2n) is 7.37. The molecular formula is C16H30N2O2S. The fraction of sp³-hybridized carbons (Fsp3) is 1.00. The number of piperidine rings is 1. The minimum Gasteiger partial charge on any atom is -0.311 e. The van der Waals surface area contributed by atoms with Gasteiger partial charge in [-0.25, -0.2) is 8.42 Å². The van der Waals surface area contributed by atoms with E-state index in [0.717, 1.165) is 25.8 Å². The van der Waals surface area contributed by atoms with Crippen LogP contribution in [0.2, 0.25) is 0 Å². The minimum atomic E-state index is -2.88. The number of sulfone groups is 1. The van der Waals surface area contributed by atoms with E-state index in [1.54, 1.807) is 0 Å². The van der Waals surface area contributed by atoms with E-state index in [9.17, 15) is 8.42 Å². The Labute approximate surface area is 129 Å². The van der Waals surface area contributed by atoms with E-state index in [0.29, 0.717) is 24.2 Å². The molecule has 1 aliphatic carbocycles. The molecule has 21 heavy (non-hydrogen) atoms. The third kappa shape index (κ3) is 3.45. The van der Waals surface area contributed by atoms with Gasteiger partial charge >= 0.3 is 0 Å². The Morgan fingerprint density at radius 3 is 2.24 bits per heavy atom. The number of rotatable bonds is 4. The molecule has 0 amide bonds. The molecule has 2 heterocycles. The summed E-state index contributed by atoms with van der Waals surface area (Å²) in [6, 6.07) is 2.55. The Morgan fingerprint density at radius 1 is 1.00 bits per heavy atom. The van der Waals surface area contributed by atoms with Gasteiger partial charge in [0.2, 0.25) is 0 Å². The Kier molecular flexibility index (Phi) is 4.63. The maximum Gasteiger partial charge on any atom is 0.150 e. The summed E-state index contributed by atoms with van der Waals surface area (Å²) in [6.07, 6.45) is 10.5. The van der Waals surface area contributed by atoms with Gasteiger partial charge in [0, 0.05) is 30.4 Å². The maximum absolute atomic E-state index is 11.9. The number of hydrogen-bond acceptors (Lipinski definition) is 4. The molecule has 3 rings (SSSR count). The highest BCUT2D eigenvalue weighted by molar-refractivity contribution is 7.91. The van der Waals surface area contributed by atoms with Crippen LogP contribution in [0.15, 0.2) is 0 Å². The van der Waals surface area contributed by atoms with E-state index in [4.69, 9.17) is 0 Å². The second kappa shape index (κ2) is 6.17. The monoisotopic (exact) mass is 314 g/mol. The summed E-state index contributed by atoms with van der Waals surface area (Å²) in [5.74, 6) is 0. The molecule has 122 valence electrons. The first-order valence-corrected chi connectivity index (χ1v) is 10.6. The Hall–Kier alpha value is -0.130. The first kappa shape index (κ1) is 15.8. The molecular weight excluding hydrogens is 284 g/mol. The van der Waals surface area contributed by atoms with Crippen molar-refractivity contribution < 1.29 is 8.42 Å². The molecule has 2 saturated heterocycles. The van der Waals surface area contributed by atoms with Gasteiger partial charge in [0.15, 0.2) is 0 Å². The summed E-state index contributed by atoms with van der Waals surface area (Å²) in [7, 11) is -2.88. The van der Waals surface area contributed by atoms with E-state index in [2.05, 4.69) is 17.1 Å². The van der Waals surface area contributed by atoms with E-state index in [1.165, 1.54) is 38.4 Å². The van der Waals surface area contributed by atoms with Crippen LogP contribution in [0.25, 0.3) is 0 Å². The Balaban J connectivity index is 1.68. The second-order valence-corrected chi connectivity index (χ2v) is 9.69. The zero-order chi connectivity index (χ0) is 15.0. The molecule has 3 aliphatic rings. The van der Waals surface area contributed by atoms with Gasteiger partial charge in [0.1, 0.15) is 9.84 Å². The van der Waals surface area contributed by atoms with Crippen molar-refractivity contribution in [3.05, 3.63) is 0 Å². The molecule has 0 spiro atoms. The lowest BCUT2D eigenvalue weighted by Crippen LogP contribution is -2.53. The lowest BCUT2D eigenvalue weighted by Gasteiger charge is -2.44. The van der Waals surface area contributed by atoms with Crippen molar-refractivity contribution in [3.8, 4) is 0 Å². The van der Waals surface area contributed by atoms with Crippen LogP contribution in [0, 0.1) is 0 Å². The normalized spacial score (nSPS) is 40.6. The maximum atomic E-state index is 11.9. The van der Waals surface area contributed by atoms with Gasteiger partial charge in [-0.1, -0.05) is 13.3 Å². The van der Waals surface area contributed by atoms with Gasteiger partial charge < -0.3 is 5.32 Å². The smallest absolute Gasteiger partial charge is 0.150 e. The summed E-state index contributed by atoms with van der Waals surface area (Å²) in [6.45, 7) is 3.30. The van der Waals surface area contributed by atoms with E-state index >= 15 is 0 Å². The van der Waals surface area contributed by atoms with E-state index in [1.807, 2.05) is 0 Å². The quantitative estimate of drug-likeness (QED) is 0.862. The summed E-state index contributed by atoms with van der Waals surface area (Å²) in [4.78, 5) is 2.64. The van der Waals surface area contributed by atoms with Crippen molar-refractivity contribution >= 4 is 9.84 Å². The van der Waals surface area contributed by atoms with Gasteiger partial charge in [0.05, 0.1) is 5.25 Å².